The van der Waals surface area contributed by atoms with Crippen LogP contribution in [0.25, 0.3) is 0 Å². The van der Waals surface area contributed by atoms with E-state index in [9.17, 15) is 18.0 Å². The summed E-state index contributed by atoms with van der Waals surface area (Å²) in [6, 6.07) is 12.3. The molecule has 7 nitrogen and oxygen atoms in total. The lowest BCUT2D eigenvalue weighted by Crippen LogP contribution is -2.46. The summed E-state index contributed by atoms with van der Waals surface area (Å²) in [5.74, 6) is -0.918. The lowest BCUT2D eigenvalue weighted by atomic mass is 9.97. The van der Waals surface area contributed by atoms with Crippen LogP contribution < -0.4 is 4.31 Å². The van der Waals surface area contributed by atoms with Gasteiger partial charge in [-0.25, -0.2) is 8.42 Å². The van der Waals surface area contributed by atoms with Gasteiger partial charge in [-0.2, -0.15) is 0 Å². The van der Waals surface area contributed by atoms with E-state index in [2.05, 4.69) is 0 Å². The van der Waals surface area contributed by atoms with Crippen LogP contribution in [0, 0.1) is 5.92 Å². The topological polar surface area (TPSA) is 84.0 Å². The van der Waals surface area contributed by atoms with Gasteiger partial charge in [0.25, 0.3) is 10.0 Å². The number of piperidine rings is 1. The van der Waals surface area contributed by atoms with Gasteiger partial charge in [0.1, 0.15) is 6.54 Å². The Bertz CT molecular complexity index is 1050. The molecule has 1 heterocycles. The van der Waals surface area contributed by atoms with Crippen molar-refractivity contribution in [2.75, 3.05) is 31.0 Å². The molecule has 1 aliphatic rings. The molecule has 1 aliphatic heterocycles. The van der Waals surface area contributed by atoms with Crippen LogP contribution in [0.4, 0.5) is 5.69 Å². The Kier molecular flexibility index (Phi) is 7.46. The average molecular weight is 485 g/mol. The molecule has 0 spiro atoms. The van der Waals surface area contributed by atoms with Gasteiger partial charge in [-0.05, 0) is 43.2 Å². The minimum Gasteiger partial charge on any atom is -0.469 e. The fourth-order valence-electron chi connectivity index (χ4n) is 3.43. The van der Waals surface area contributed by atoms with E-state index in [-0.39, 0.29) is 38.4 Å². The second kappa shape index (κ2) is 9.89. The van der Waals surface area contributed by atoms with Crippen molar-refractivity contribution in [2.45, 2.75) is 17.7 Å². The standard InChI is InChI=1S/C21H22Cl2N2O5S/c1-30-21(27)15-9-11-24(12-10-15)20(26)14-25(16-7-8-18(22)19(23)13-16)31(28,29)17-5-3-2-4-6-17/h2-8,13,15H,9-12,14H2,1H3. The molecule has 3 rings (SSSR count). The number of hydrogen-bond donors (Lipinski definition) is 0. The van der Waals surface area contributed by atoms with Crippen LogP contribution in [0.2, 0.25) is 10.0 Å². The van der Waals surface area contributed by atoms with Crippen molar-refractivity contribution in [3.8, 4) is 0 Å². The van der Waals surface area contributed by atoms with E-state index >= 15 is 0 Å². The first-order valence-electron chi connectivity index (χ1n) is 9.62. The number of amides is 1. The summed E-state index contributed by atoms with van der Waals surface area (Å²) in [5, 5.41) is 0.456. The summed E-state index contributed by atoms with van der Waals surface area (Å²) in [6.45, 7) is 0.288. The Balaban J connectivity index is 1.86. The number of sulfonamides is 1. The van der Waals surface area contributed by atoms with E-state index in [0.717, 1.165) is 4.31 Å². The minimum atomic E-state index is -4.04. The predicted molar refractivity (Wildman–Crippen MR) is 119 cm³/mol. The number of halogens is 2. The van der Waals surface area contributed by atoms with Crippen molar-refractivity contribution >= 4 is 50.8 Å². The number of carbonyl (C=O) groups is 2. The van der Waals surface area contributed by atoms with Crippen molar-refractivity contribution in [1.82, 2.24) is 4.90 Å². The van der Waals surface area contributed by atoms with E-state index in [1.807, 2.05) is 0 Å². The quantitative estimate of drug-likeness (QED) is 0.584. The highest BCUT2D eigenvalue weighted by molar-refractivity contribution is 7.92. The minimum absolute atomic E-state index is 0.0540. The number of esters is 1. The van der Waals surface area contributed by atoms with Gasteiger partial charge >= 0.3 is 5.97 Å². The molecule has 10 heteroatoms. The Morgan fingerprint density at radius 2 is 1.71 bits per heavy atom. The molecule has 0 bridgehead atoms. The molecule has 1 amide bonds. The molecule has 0 aromatic heterocycles. The second-order valence-electron chi connectivity index (χ2n) is 7.10. The Morgan fingerprint density at radius 3 is 2.29 bits per heavy atom. The van der Waals surface area contributed by atoms with E-state index < -0.39 is 16.6 Å². The number of nitrogens with zero attached hydrogens (tertiary/aromatic N) is 2. The fraction of sp³-hybridized carbons (Fsp3) is 0.333. The number of hydrogen-bond acceptors (Lipinski definition) is 5. The summed E-state index contributed by atoms with van der Waals surface area (Å²) < 4.78 is 32.5. The SMILES string of the molecule is COC(=O)C1CCN(C(=O)CN(c2ccc(Cl)c(Cl)c2)S(=O)(=O)c2ccccc2)CC1. The molecule has 0 N–H and O–H groups in total. The summed E-state index contributed by atoms with van der Waals surface area (Å²) in [6.07, 6.45) is 0.938. The molecule has 0 saturated carbocycles. The highest BCUT2D eigenvalue weighted by atomic mass is 35.5. The maximum absolute atomic E-state index is 13.3. The number of carbonyl (C=O) groups excluding carboxylic acids is 2. The fourth-order valence-corrected chi connectivity index (χ4v) is 5.15. The van der Waals surface area contributed by atoms with Gasteiger partial charge in [-0.15, -0.1) is 0 Å². The zero-order valence-corrected chi connectivity index (χ0v) is 19.2. The van der Waals surface area contributed by atoms with Crippen molar-refractivity contribution in [2.24, 2.45) is 5.92 Å². The Morgan fingerprint density at radius 1 is 1.06 bits per heavy atom. The molecule has 31 heavy (non-hydrogen) atoms. The lowest BCUT2D eigenvalue weighted by molar-refractivity contribution is -0.148. The number of rotatable bonds is 6. The van der Waals surface area contributed by atoms with E-state index in [1.54, 1.807) is 23.1 Å². The van der Waals surface area contributed by atoms with Gasteiger partial charge in [0, 0.05) is 13.1 Å². The third-order valence-corrected chi connectivity index (χ3v) is 7.71. The van der Waals surface area contributed by atoms with Gasteiger partial charge in [0.15, 0.2) is 0 Å². The van der Waals surface area contributed by atoms with E-state index in [4.69, 9.17) is 27.9 Å². The number of methoxy groups -OCH3 is 1. The Labute approximate surface area is 191 Å². The van der Waals surface area contributed by atoms with Gasteiger partial charge in [0.05, 0.1) is 33.7 Å². The molecular formula is C21H22Cl2N2O5S. The average Bonchev–Trinajstić information content (AvgIpc) is 2.79. The normalized spacial score (nSPS) is 14.9. The highest BCUT2D eigenvalue weighted by Crippen LogP contribution is 2.31. The molecule has 0 unspecified atom stereocenters. The smallest absolute Gasteiger partial charge is 0.308 e. The van der Waals surface area contributed by atoms with Crippen molar-refractivity contribution in [3.63, 3.8) is 0 Å². The predicted octanol–water partition coefficient (Wildman–Crippen LogP) is 3.60. The first-order valence-corrected chi connectivity index (χ1v) is 11.8. The van der Waals surface area contributed by atoms with Gasteiger partial charge in [0.2, 0.25) is 5.91 Å². The third kappa shape index (κ3) is 5.31. The molecule has 2 aromatic carbocycles. The first-order chi connectivity index (χ1) is 14.7. The molecule has 1 saturated heterocycles. The largest absolute Gasteiger partial charge is 0.469 e. The van der Waals surface area contributed by atoms with E-state index in [1.165, 1.54) is 37.4 Å². The van der Waals surface area contributed by atoms with Crippen molar-refractivity contribution < 1.29 is 22.7 Å². The van der Waals surface area contributed by atoms with Crippen LogP contribution in [0.5, 0.6) is 0 Å². The van der Waals surface area contributed by atoms with Crippen LogP contribution in [0.3, 0.4) is 0 Å². The van der Waals surface area contributed by atoms with Crippen LogP contribution >= 0.6 is 23.2 Å². The van der Waals surface area contributed by atoms with Gasteiger partial charge < -0.3 is 9.64 Å². The number of benzene rings is 2. The summed E-state index contributed by atoms with van der Waals surface area (Å²) >= 11 is 12.1. The first kappa shape index (κ1) is 23.4. The molecule has 1 fully saturated rings. The van der Waals surface area contributed by atoms with E-state index in [0.29, 0.717) is 25.9 Å². The lowest BCUT2D eigenvalue weighted by Gasteiger charge is -2.33. The molecule has 0 radical (unpaired) electrons. The van der Waals surface area contributed by atoms with Gasteiger partial charge in [-0.3, -0.25) is 13.9 Å². The van der Waals surface area contributed by atoms with Crippen LogP contribution in [-0.2, 0) is 24.3 Å². The van der Waals surface area contributed by atoms with Crippen LogP contribution in [0.1, 0.15) is 12.8 Å². The molecular weight excluding hydrogens is 463 g/mol. The number of ether oxygens (including phenoxy) is 1. The molecule has 0 aliphatic carbocycles. The van der Waals surface area contributed by atoms with Crippen LogP contribution in [0.15, 0.2) is 53.4 Å². The number of likely N-dealkylation sites (tertiary alicyclic amines) is 1. The molecule has 2 aromatic rings. The maximum atomic E-state index is 13.3. The third-order valence-electron chi connectivity index (χ3n) is 5.18. The zero-order chi connectivity index (χ0) is 22.6. The second-order valence-corrected chi connectivity index (χ2v) is 9.78. The van der Waals surface area contributed by atoms with Crippen molar-refractivity contribution in [1.29, 1.82) is 0 Å². The van der Waals surface area contributed by atoms with Crippen molar-refractivity contribution in [3.05, 3.63) is 58.6 Å². The Hall–Kier alpha value is -2.29. The van der Waals surface area contributed by atoms with Gasteiger partial charge in [-0.1, -0.05) is 41.4 Å². The molecule has 0 atom stereocenters. The summed E-state index contributed by atoms with van der Waals surface area (Å²) in [5.41, 5.74) is 0.232. The number of anilines is 1. The monoisotopic (exact) mass is 484 g/mol. The maximum Gasteiger partial charge on any atom is 0.308 e. The summed E-state index contributed by atoms with van der Waals surface area (Å²) in [4.78, 5) is 26.3. The van der Waals surface area contributed by atoms with Crippen LogP contribution in [-0.4, -0.2) is 51.9 Å². The summed E-state index contributed by atoms with van der Waals surface area (Å²) in [7, 11) is -2.70. The highest BCUT2D eigenvalue weighted by Gasteiger charge is 2.32. The zero-order valence-electron chi connectivity index (χ0n) is 16.8. The molecule has 166 valence electrons.